The molecule has 1 heterocycles. The number of hydrogen-bond acceptors (Lipinski definition) is 2. The highest BCUT2D eigenvalue weighted by atomic mass is 16.5. The van der Waals surface area contributed by atoms with E-state index in [0.717, 1.165) is 6.42 Å². The van der Waals surface area contributed by atoms with Crippen LogP contribution in [0.1, 0.15) is 38.5 Å². The van der Waals surface area contributed by atoms with Gasteiger partial charge in [-0.3, -0.25) is 4.79 Å². The summed E-state index contributed by atoms with van der Waals surface area (Å²) >= 11 is 0. The van der Waals surface area contributed by atoms with Gasteiger partial charge in [0.1, 0.15) is 0 Å². The molecule has 1 aliphatic heterocycles. The van der Waals surface area contributed by atoms with Crippen molar-refractivity contribution in [1.29, 1.82) is 0 Å². The van der Waals surface area contributed by atoms with Crippen LogP contribution in [0.15, 0.2) is 0 Å². The molecule has 0 bridgehead atoms. The van der Waals surface area contributed by atoms with E-state index in [4.69, 9.17) is 4.74 Å². The van der Waals surface area contributed by atoms with E-state index in [1.54, 1.807) is 0 Å². The molecular formula is C10H16O2. The van der Waals surface area contributed by atoms with Crippen LogP contribution in [0.5, 0.6) is 0 Å². The van der Waals surface area contributed by atoms with Crippen molar-refractivity contribution >= 4 is 5.97 Å². The van der Waals surface area contributed by atoms with E-state index < -0.39 is 0 Å². The molecule has 0 N–H and O–H groups in total. The lowest BCUT2D eigenvalue weighted by Gasteiger charge is -2.24. The first kappa shape index (κ1) is 8.09. The van der Waals surface area contributed by atoms with E-state index in [-0.39, 0.29) is 11.9 Å². The minimum absolute atomic E-state index is 0.0712. The Morgan fingerprint density at radius 1 is 1.08 bits per heavy atom. The van der Waals surface area contributed by atoms with Gasteiger partial charge < -0.3 is 4.74 Å². The Morgan fingerprint density at radius 3 is 2.42 bits per heavy atom. The number of hydrogen-bond donors (Lipinski definition) is 0. The number of cyclic esters (lactones) is 1. The Morgan fingerprint density at radius 2 is 1.83 bits per heavy atom. The fourth-order valence-corrected chi connectivity index (χ4v) is 2.48. The molecule has 1 unspecified atom stereocenters. The number of rotatable bonds is 1. The normalized spacial score (nSPS) is 32.0. The van der Waals surface area contributed by atoms with Crippen LogP contribution in [0.2, 0.25) is 0 Å². The first-order valence-electron chi connectivity index (χ1n) is 5.04. The Hall–Kier alpha value is -0.530. The Kier molecular flexibility index (Phi) is 2.33. The molecule has 1 atom stereocenters. The van der Waals surface area contributed by atoms with Gasteiger partial charge in [0.05, 0.1) is 12.5 Å². The molecule has 0 aromatic rings. The van der Waals surface area contributed by atoms with E-state index in [1.807, 2.05) is 0 Å². The van der Waals surface area contributed by atoms with Crippen LogP contribution in [0.25, 0.3) is 0 Å². The van der Waals surface area contributed by atoms with Gasteiger partial charge in [0.2, 0.25) is 0 Å². The molecule has 2 aliphatic rings. The highest BCUT2D eigenvalue weighted by molar-refractivity contribution is 5.74. The van der Waals surface area contributed by atoms with Crippen molar-refractivity contribution in [1.82, 2.24) is 0 Å². The van der Waals surface area contributed by atoms with Crippen LogP contribution >= 0.6 is 0 Å². The molecule has 1 saturated heterocycles. The van der Waals surface area contributed by atoms with Gasteiger partial charge in [0.15, 0.2) is 0 Å². The molecule has 0 aromatic heterocycles. The Balaban J connectivity index is 1.93. The second kappa shape index (κ2) is 3.46. The van der Waals surface area contributed by atoms with Crippen LogP contribution in [0, 0.1) is 11.8 Å². The summed E-state index contributed by atoms with van der Waals surface area (Å²) in [5.74, 6) is 0.973. The van der Waals surface area contributed by atoms with Gasteiger partial charge in [-0.1, -0.05) is 19.3 Å². The lowest BCUT2D eigenvalue weighted by Crippen LogP contribution is -2.21. The SMILES string of the molecule is O=C1OCCC1C1CCCCC1. The fourth-order valence-electron chi connectivity index (χ4n) is 2.48. The summed E-state index contributed by atoms with van der Waals surface area (Å²) in [6.45, 7) is 0.667. The van der Waals surface area contributed by atoms with E-state index >= 15 is 0 Å². The quantitative estimate of drug-likeness (QED) is 0.561. The van der Waals surface area contributed by atoms with Gasteiger partial charge in [0.25, 0.3) is 0 Å². The predicted octanol–water partition coefficient (Wildman–Crippen LogP) is 2.13. The molecule has 0 radical (unpaired) electrons. The van der Waals surface area contributed by atoms with Crippen molar-refractivity contribution in [2.45, 2.75) is 38.5 Å². The number of ether oxygens (including phenoxy) is 1. The summed E-state index contributed by atoms with van der Waals surface area (Å²) < 4.78 is 4.98. The summed E-state index contributed by atoms with van der Waals surface area (Å²) in [5, 5.41) is 0. The fraction of sp³-hybridized carbons (Fsp3) is 0.900. The molecule has 0 spiro atoms. The maximum absolute atomic E-state index is 11.3. The van der Waals surface area contributed by atoms with Crippen LogP contribution in [0.4, 0.5) is 0 Å². The molecule has 1 saturated carbocycles. The summed E-state index contributed by atoms with van der Waals surface area (Å²) in [6.07, 6.45) is 7.46. The van der Waals surface area contributed by atoms with E-state index in [0.29, 0.717) is 12.5 Å². The maximum Gasteiger partial charge on any atom is 0.309 e. The average molecular weight is 168 g/mol. The van der Waals surface area contributed by atoms with E-state index in [9.17, 15) is 4.79 Å². The first-order valence-corrected chi connectivity index (χ1v) is 5.04. The minimum atomic E-state index is 0.0712. The van der Waals surface area contributed by atoms with Gasteiger partial charge in [-0.15, -0.1) is 0 Å². The Bertz CT molecular complexity index is 171. The Labute approximate surface area is 73.3 Å². The zero-order valence-corrected chi connectivity index (χ0v) is 7.42. The lowest BCUT2D eigenvalue weighted by molar-refractivity contribution is -0.142. The maximum atomic E-state index is 11.3. The van der Waals surface area contributed by atoms with Gasteiger partial charge in [0, 0.05) is 0 Å². The minimum Gasteiger partial charge on any atom is -0.465 e. The first-order chi connectivity index (χ1) is 5.88. The van der Waals surface area contributed by atoms with Crippen LogP contribution < -0.4 is 0 Å². The van der Waals surface area contributed by atoms with E-state index in [1.165, 1.54) is 32.1 Å². The second-order valence-electron chi connectivity index (χ2n) is 3.96. The molecule has 0 aromatic carbocycles. The molecule has 2 rings (SSSR count). The molecule has 68 valence electrons. The monoisotopic (exact) mass is 168 g/mol. The van der Waals surface area contributed by atoms with Crippen molar-refractivity contribution in [3.05, 3.63) is 0 Å². The zero-order valence-electron chi connectivity index (χ0n) is 7.42. The van der Waals surface area contributed by atoms with Gasteiger partial charge in [-0.25, -0.2) is 0 Å². The van der Waals surface area contributed by atoms with Gasteiger partial charge in [-0.2, -0.15) is 0 Å². The third-order valence-electron chi connectivity index (χ3n) is 3.19. The van der Waals surface area contributed by atoms with E-state index in [2.05, 4.69) is 0 Å². The lowest BCUT2D eigenvalue weighted by atomic mass is 9.79. The van der Waals surface area contributed by atoms with Crippen molar-refractivity contribution in [2.75, 3.05) is 6.61 Å². The summed E-state index contributed by atoms with van der Waals surface area (Å²) in [6, 6.07) is 0. The smallest absolute Gasteiger partial charge is 0.309 e. The zero-order chi connectivity index (χ0) is 8.39. The van der Waals surface area contributed by atoms with Crippen molar-refractivity contribution in [3.63, 3.8) is 0 Å². The predicted molar refractivity (Wildman–Crippen MR) is 45.6 cm³/mol. The molecule has 0 amide bonds. The van der Waals surface area contributed by atoms with Crippen LogP contribution in [0.3, 0.4) is 0 Å². The molecule has 2 nitrogen and oxygen atoms in total. The van der Waals surface area contributed by atoms with Crippen LogP contribution in [-0.4, -0.2) is 12.6 Å². The van der Waals surface area contributed by atoms with Crippen LogP contribution in [-0.2, 0) is 9.53 Å². The molecular weight excluding hydrogens is 152 g/mol. The number of carbonyl (C=O) groups is 1. The van der Waals surface area contributed by atoms with Crippen molar-refractivity contribution < 1.29 is 9.53 Å². The largest absolute Gasteiger partial charge is 0.465 e. The topological polar surface area (TPSA) is 26.3 Å². The number of esters is 1. The molecule has 2 heteroatoms. The second-order valence-corrected chi connectivity index (χ2v) is 3.96. The third kappa shape index (κ3) is 1.47. The average Bonchev–Trinajstić information content (AvgIpc) is 2.53. The third-order valence-corrected chi connectivity index (χ3v) is 3.19. The summed E-state index contributed by atoms with van der Waals surface area (Å²) in [5.41, 5.74) is 0. The molecule has 2 fully saturated rings. The summed E-state index contributed by atoms with van der Waals surface area (Å²) in [4.78, 5) is 11.3. The van der Waals surface area contributed by atoms with Crippen molar-refractivity contribution in [2.24, 2.45) is 11.8 Å². The highest BCUT2D eigenvalue weighted by Crippen LogP contribution is 2.34. The van der Waals surface area contributed by atoms with Crippen molar-refractivity contribution in [3.8, 4) is 0 Å². The standard InChI is InChI=1S/C10H16O2/c11-10-9(6-7-12-10)8-4-2-1-3-5-8/h8-9H,1-7H2. The van der Waals surface area contributed by atoms with Gasteiger partial charge >= 0.3 is 5.97 Å². The molecule has 1 aliphatic carbocycles. The van der Waals surface area contributed by atoms with Gasteiger partial charge in [-0.05, 0) is 25.2 Å². The summed E-state index contributed by atoms with van der Waals surface area (Å²) in [7, 11) is 0. The number of carbonyl (C=O) groups excluding carboxylic acids is 1. The molecule has 12 heavy (non-hydrogen) atoms. The highest BCUT2D eigenvalue weighted by Gasteiger charge is 2.34.